The molecule has 1 atom stereocenters. The number of pyridine rings is 1. The maximum atomic E-state index is 14.7. The Morgan fingerprint density at radius 1 is 0.593 bits per heavy atom. The lowest BCUT2D eigenvalue weighted by Gasteiger charge is -2.21. The fraction of sp³-hybridized carbons (Fsp3) is 0.170. The molecule has 260 valence electrons. The van der Waals surface area contributed by atoms with Crippen molar-refractivity contribution in [2.45, 2.75) is 46.1 Å². The van der Waals surface area contributed by atoms with Crippen LogP contribution in [0.3, 0.4) is 0 Å². The van der Waals surface area contributed by atoms with Crippen LogP contribution < -0.4 is 11.1 Å². The Morgan fingerprint density at radius 2 is 1.11 bits per heavy atom. The van der Waals surface area contributed by atoms with E-state index in [2.05, 4.69) is 38.1 Å². The van der Waals surface area contributed by atoms with Crippen molar-refractivity contribution in [3.05, 3.63) is 141 Å². The predicted octanol–water partition coefficient (Wildman–Crippen LogP) is 10.7. The van der Waals surface area contributed by atoms with Crippen LogP contribution in [0.4, 0.5) is 0 Å². The van der Waals surface area contributed by atoms with Crippen molar-refractivity contribution in [2.75, 3.05) is 0 Å². The van der Waals surface area contributed by atoms with Crippen molar-refractivity contribution < 1.29 is 4.42 Å². The molecule has 0 aliphatic carbocycles. The number of rotatable bonds is 9. The molecule has 54 heavy (non-hydrogen) atoms. The van der Waals surface area contributed by atoms with E-state index in [1.165, 1.54) is 4.57 Å². The zero-order valence-corrected chi connectivity index (χ0v) is 29.9. The molecule has 7 nitrogen and oxygen atoms in total. The van der Waals surface area contributed by atoms with Crippen LogP contribution in [0.15, 0.2) is 117 Å². The summed E-state index contributed by atoms with van der Waals surface area (Å²) in [5, 5.41) is 32.3. The van der Waals surface area contributed by atoms with E-state index in [0.29, 0.717) is 61.5 Å². The molecule has 8 aromatic rings. The molecule has 0 amide bonds. The van der Waals surface area contributed by atoms with Crippen molar-refractivity contribution in [3.63, 3.8) is 0 Å². The summed E-state index contributed by atoms with van der Waals surface area (Å²) in [5.74, 6) is 0.166. The second-order valence-corrected chi connectivity index (χ2v) is 13.9. The van der Waals surface area contributed by atoms with E-state index in [9.17, 15) is 25.4 Å². The zero-order valence-electron chi connectivity index (χ0n) is 29.9. The van der Waals surface area contributed by atoms with Gasteiger partial charge in [-0.1, -0.05) is 75.6 Å². The van der Waals surface area contributed by atoms with Gasteiger partial charge in [0.15, 0.2) is 0 Å². The topological polar surface area (TPSA) is 124 Å². The lowest BCUT2D eigenvalue weighted by molar-refractivity contribution is 0.382. The Balaban J connectivity index is 1.56. The Bertz CT molecular complexity index is 2960. The number of hydrogen-bond donors (Lipinski definition) is 0. The predicted molar refractivity (Wildman–Crippen MR) is 214 cm³/mol. The van der Waals surface area contributed by atoms with Gasteiger partial charge in [-0.2, -0.15) is 15.8 Å². The molecular weight excluding hydrogens is 669 g/mol. The average molecular weight is 703 g/mol. The fourth-order valence-corrected chi connectivity index (χ4v) is 7.79. The Labute approximate surface area is 311 Å². The number of aromatic nitrogens is 1. The highest BCUT2D eigenvalue weighted by atomic mass is 16.3. The van der Waals surface area contributed by atoms with E-state index < -0.39 is 0 Å². The van der Waals surface area contributed by atoms with E-state index in [1.54, 1.807) is 36.4 Å². The van der Waals surface area contributed by atoms with E-state index >= 15 is 0 Å². The first-order valence-corrected chi connectivity index (χ1v) is 18.2. The molecule has 2 aromatic heterocycles. The third-order valence-electron chi connectivity index (χ3n) is 10.8. The summed E-state index contributed by atoms with van der Waals surface area (Å²) in [6, 6.07) is 38.2. The largest absolute Gasteiger partial charge is 0.455 e. The molecule has 0 fully saturated rings. The molecule has 0 bridgehead atoms. The average Bonchev–Trinajstić information content (AvgIpc) is 3.23. The second-order valence-electron chi connectivity index (χ2n) is 13.9. The van der Waals surface area contributed by atoms with Crippen LogP contribution in [0.2, 0.25) is 0 Å². The van der Waals surface area contributed by atoms with Crippen molar-refractivity contribution in [1.29, 1.82) is 15.8 Å². The summed E-state index contributed by atoms with van der Waals surface area (Å²) in [5.41, 5.74) is 6.87. The van der Waals surface area contributed by atoms with Gasteiger partial charge in [0.1, 0.15) is 11.2 Å². The SMILES string of the molecule is CCCCC(CC)Cn1c(=O)c2cc(-c3ccc(C#N)cc3)c3oc4ccc(-c5ccc(C#N)cc5)cc4c4c(-c5ccc(C#N)cc5)cc(c1=O)c2c34. The van der Waals surface area contributed by atoms with E-state index in [0.717, 1.165) is 64.3 Å². The van der Waals surface area contributed by atoms with Crippen molar-refractivity contribution in [1.82, 2.24) is 4.57 Å². The van der Waals surface area contributed by atoms with Gasteiger partial charge in [0.05, 0.1) is 34.9 Å². The summed E-state index contributed by atoms with van der Waals surface area (Å²) >= 11 is 0. The van der Waals surface area contributed by atoms with Crippen LogP contribution in [0.1, 0.15) is 56.2 Å². The van der Waals surface area contributed by atoms with Gasteiger partial charge >= 0.3 is 0 Å². The minimum absolute atomic E-state index is 0.166. The summed E-state index contributed by atoms with van der Waals surface area (Å²) in [6.07, 6.45) is 3.81. The van der Waals surface area contributed by atoms with Gasteiger partial charge in [-0.25, -0.2) is 0 Å². The summed E-state index contributed by atoms with van der Waals surface area (Å²) < 4.78 is 8.29. The first-order chi connectivity index (χ1) is 26.4. The lowest BCUT2D eigenvalue weighted by Crippen LogP contribution is -2.35. The first-order valence-electron chi connectivity index (χ1n) is 18.2. The highest BCUT2D eigenvalue weighted by Gasteiger charge is 2.26. The second kappa shape index (κ2) is 13.8. The van der Waals surface area contributed by atoms with Crippen LogP contribution in [0, 0.1) is 39.9 Å². The maximum absolute atomic E-state index is 14.7. The Kier molecular flexibility index (Phi) is 8.74. The van der Waals surface area contributed by atoms with Gasteiger partial charge in [0.2, 0.25) is 0 Å². The normalized spacial score (nSPS) is 11.9. The molecule has 7 heteroatoms. The highest BCUT2D eigenvalue weighted by Crippen LogP contribution is 2.46. The fourth-order valence-electron chi connectivity index (χ4n) is 7.79. The van der Waals surface area contributed by atoms with Crippen LogP contribution in [0.5, 0.6) is 0 Å². The minimum Gasteiger partial charge on any atom is -0.455 e. The summed E-state index contributed by atoms with van der Waals surface area (Å²) in [6.45, 7) is 4.57. The first kappa shape index (κ1) is 34.1. The molecule has 1 unspecified atom stereocenters. The number of nitrogens with zero attached hydrogens (tertiary/aromatic N) is 4. The van der Waals surface area contributed by atoms with Crippen LogP contribution in [-0.4, -0.2) is 4.57 Å². The number of nitriles is 3. The minimum atomic E-state index is -0.335. The van der Waals surface area contributed by atoms with E-state index in [-0.39, 0.29) is 17.0 Å². The monoisotopic (exact) mass is 702 g/mol. The molecule has 2 heterocycles. The molecule has 6 aromatic carbocycles. The summed E-state index contributed by atoms with van der Waals surface area (Å²) in [7, 11) is 0. The third kappa shape index (κ3) is 5.66. The molecule has 8 rings (SSSR count). The summed E-state index contributed by atoms with van der Waals surface area (Å²) in [4.78, 5) is 29.4. The van der Waals surface area contributed by atoms with Gasteiger partial charge in [-0.05, 0) is 101 Å². The van der Waals surface area contributed by atoms with E-state index in [1.807, 2.05) is 60.7 Å². The molecule has 0 aliphatic rings. The van der Waals surface area contributed by atoms with Crippen LogP contribution in [-0.2, 0) is 6.54 Å². The molecule has 0 spiro atoms. The molecular formula is C47H34N4O3. The molecule has 0 saturated carbocycles. The molecule has 0 saturated heterocycles. The van der Waals surface area contributed by atoms with Crippen molar-refractivity contribution >= 4 is 43.5 Å². The number of fused-ring (bicyclic) bond motifs is 2. The molecule has 0 aliphatic heterocycles. The van der Waals surface area contributed by atoms with Crippen LogP contribution >= 0.6 is 0 Å². The van der Waals surface area contributed by atoms with Gasteiger partial charge in [-0.3, -0.25) is 14.2 Å². The smallest absolute Gasteiger partial charge is 0.261 e. The maximum Gasteiger partial charge on any atom is 0.261 e. The standard InChI is InChI=1S/C47H34N4O3/c1-3-5-6-28(4-2)27-51-46(52)39-22-36(33-15-9-30(25-49)10-16-33)42-38-21-35(32-13-7-29(24-48)8-14-32)19-20-41(38)54-45-37(34-17-11-31(26-50)12-18-34)23-40(47(51)53)43(39)44(42)45/h7-23,28H,3-6,27H2,1-2H3. The lowest BCUT2D eigenvalue weighted by atomic mass is 9.86. The Morgan fingerprint density at radius 3 is 1.65 bits per heavy atom. The Hall–Kier alpha value is -7.01. The van der Waals surface area contributed by atoms with Crippen molar-refractivity contribution in [3.8, 4) is 51.6 Å². The van der Waals surface area contributed by atoms with Crippen LogP contribution in [0.25, 0.3) is 76.9 Å². The number of hydrogen-bond acceptors (Lipinski definition) is 6. The van der Waals surface area contributed by atoms with Gasteiger partial charge in [0, 0.05) is 44.4 Å². The van der Waals surface area contributed by atoms with Crippen molar-refractivity contribution in [2.24, 2.45) is 5.92 Å². The van der Waals surface area contributed by atoms with Gasteiger partial charge in [-0.15, -0.1) is 0 Å². The zero-order chi connectivity index (χ0) is 37.5. The quantitative estimate of drug-likeness (QED) is 0.109. The van der Waals surface area contributed by atoms with E-state index in [4.69, 9.17) is 4.42 Å². The van der Waals surface area contributed by atoms with Gasteiger partial charge in [0.25, 0.3) is 11.1 Å². The third-order valence-corrected chi connectivity index (χ3v) is 10.8. The van der Waals surface area contributed by atoms with Gasteiger partial charge < -0.3 is 4.42 Å². The highest BCUT2D eigenvalue weighted by molar-refractivity contribution is 6.32. The molecule has 0 radical (unpaired) electrons. The molecule has 0 N–H and O–H groups in total. The number of unbranched alkanes of at least 4 members (excludes halogenated alkanes) is 1. The number of benzene rings is 6.